The lowest BCUT2D eigenvalue weighted by atomic mass is 10.2. The maximum atomic E-state index is 10.9. The lowest BCUT2D eigenvalue weighted by molar-refractivity contribution is 0.100. The van der Waals surface area contributed by atoms with Crippen molar-refractivity contribution in [1.82, 2.24) is 15.0 Å². The highest BCUT2D eigenvalue weighted by atomic mass is 16.5. The largest absolute Gasteiger partial charge is 0.464 e. The summed E-state index contributed by atoms with van der Waals surface area (Å²) in [7, 11) is 0. The van der Waals surface area contributed by atoms with Crippen molar-refractivity contribution in [3.63, 3.8) is 0 Å². The fraction of sp³-hybridized carbons (Fsp3) is 0.167. The molecule has 0 atom stereocenters. The van der Waals surface area contributed by atoms with Crippen LogP contribution in [0.15, 0.2) is 24.3 Å². The van der Waals surface area contributed by atoms with Crippen molar-refractivity contribution in [3.05, 3.63) is 29.8 Å². The fourth-order valence-electron chi connectivity index (χ4n) is 1.38. The monoisotopic (exact) mass is 275 g/mol. The van der Waals surface area contributed by atoms with Gasteiger partial charge in [0, 0.05) is 5.56 Å². The molecule has 2 rings (SSSR count). The van der Waals surface area contributed by atoms with Crippen LogP contribution in [0.3, 0.4) is 0 Å². The normalized spacial score (nSPS) is 10.1. The molecule has 0 fully saturated rings. The molecule has 0 radical (unpaired) electrons. The van der Waals surface area contributed by atoms with Gasteiger partial charge in [0.2, 0.25) is 11.9 Å². The summed E-state index contributed by atoms with van der Waals surface area (Å²) in [5.74, 6) is -0.0881. The van der Waals surface area contributed by atoms with E-state index in [1.54, 1.807) is 19.1 Å². The Morgan fingerprint density at radius 3 is 2.40 bits per heavy atom. The third kappa shape index (κ3) is 3.31. The highest BCUT2D eigenvalue weighted by molar-refractivity contribution is 5.92. The van der Waals surface area contributed by atoms with Gasteiger partial charge < -0.3 is 20.9 Å². The summed E-state index contributed by atoms with van der Waals surface area (Å²) in [6.07, 6.45) is 0. The van der Waals surface area contributed by atoms with E-state index in [4.69, 9.17) is 20.9 Å². The second kappa shape index (κ2) is 5.83. The van der Waals surface area contributed by atoms with Gasteiger partial charge in [0.1, 0.15) is 5.75 Å². The SMILES string of the molecule is CCOc1nc(N)nc(Oc2ccc(C(N)=O)cc2)n1. The molecule has 8 nitrogen and oxygen atoms in total. The molecular formula is C12H13N5O3. The number of benzene rings is 1. The summed E-state index contributed by atoms with van der Waals surface area (Å²) >= 11 is 0. The third-order valence-corrected chi connectivity index (χ3v) is 2.23. The molecular weight excluding hydrogens is 262 g/mol. The Morgan fingerprint density at radius 1 is 1.15 bits per heavy atom. The average Bonchev–Trinajstić information content (AvgIpc) is 2.39. The number of aromatic nitrogens is 3. The second-order valence-electron chi connectivity index (χ2n) is 3.68. The van der Waals surface area contributed by atoms with Crippen molar-refractivity contribution >= 4 is 11.9 Å². The molecule has 1 aromatic heterocycles. The summed E-state index contributed by atoms with van der Waals surface area (Å²) in [5, 5.41) is 0. The minimum Gasteiger partial charge on any atom is -0.464 e. The molecule has 8 heteroatoms. The van der Waals surface area contributed by atoms with E-state index in [-0.39, 0.29) is 18.0 Å². The van der Waals surface area contributed by atoms with E-state index in [1.165, 1.54) is 12.1 Å². The molecule has 0 aliphatic heterocycles. The molecule has 1 amide bonds. The average molecular weight is 275 g/mol. The van der Waals surface area contributed by atoms with Gasteiger partial charge in [-0.15, -0.1) is 4.98 Å². The summed E-state index contributed by atoms with van der Waals surface area (Å²) in [6, 6.07) is 6.30. The number of rotatable bonds is 5. The minimum atomic E-state index is -0.514. The Balaban J connectivity index is 2.18. The highest BCUT2D eigenvalue weighted by Crippen LogP contribution is 2.20. The van der Waals surface area contributed by atoms with Gasteiger partial charge in [-0.3, -0.25) is 4.79 Å². The topological polar surface area (TPSA) is 126 Å². The molecule has 104 valence electrons. The molecule has 4 N–H and O–H groups in total. The van der Waals surface area contributed by atoms with E-state index in [2.05, 4.69) is 15.0 Å². The Morgan fingerprint density at radius 2 is 1.80 bits per heavy atom. The molecule has 0 saturated carbocycles. The first-order valence-electron chi connectivity index (χ1n) is 5.80. The zero-order chi connectivity index (χ0) is 14.5. The lowest BCUT2D eigenvalue weighted by Crippen LogP contribution is -2.10. The Kier molecular flexibility index (Phi) is 3.94. The molecule has 2 aromatic rings. The van der Waals surface area contributed by atoms with Crippen LogP contribution >= 0.6 is 0 Å². The first-order chi connectivity index (χ1) is 9.58. The number of amides is 1. The van der Waals surface area contributed by atoms with E-state index >= 15 is 0 Å². The number of nitrogen functional groups attached to an aromatic ring is 1. The summed E-state index contributed by atoms with van der Waals surface area (Å²) < 4.78 is 10.5. The van der Waals surface area contributed by atoms with Crippen molar-refractivity contribution in [1.29, 1.82) is 0 Å². The third-order valence-electron chi connectivity index (χ3n) is 2.23. The van der Waals surface area contributed by atoms with Gasteiger partial charge in [-0.25, -0.2) is 0 Å². The van der Waals surface area contributed by atoms with Crippen LogP contribution < -0.4 is 20.9 Å². The van der Waals surface area contributed by atoms with Crippen LogP contribution in [0.25, 0.3) is 0 Å². The van der Waals surface area contributed by atoms with Gasteiger partial charge in [-0.1, -0.05) is 0 Å². The van der Waals surface area contributed by atoms with E-state index in [0.717, 1.165) is 0 Å². The standard InChI is InChI=1S/C12H13N5O3/c1-2-19-11-15-10(14)16-12(17-11)20-8-5-3-7(4-6-8)9(13)18/h3-6H,2H2,1H3,(H2,13,18)(H2,14,15,16,17). The van der Waals surface area contributed by atoms with Crippen molar-refractivity contribution in [2.45, 2.75) is 6.92 Å². The van der Waals surface area contributed by atoms with Crippen LogP contribution in [-0.4, -0.2) is 27.5 Å². The first-order valence-corrected chi connectivity index (χ1v) is 5.80. The fourth-order valence-corrected chi connectivity index (χ4v) is 1.38. The molecule has 0 bridgehead atoms. The van der Waals surface area contributed by atoms with Gasteiger partial charge in [0.25, 0.3) is 0 Å². The lowest BCUT2D eigenvalue weighted by Gasteiger charge is -2.06. The number of nitrogens with zero attached hydrogens (tertiary/aromatic N) is 3. The smallest absolute Gasteiger partial charge is 0.330 e. The first kappa shape index (κ1) is 13.5. The van der Waals surface area contributed by atoms with Crippen LogP contribution in [0.4, 0.5) is 5.95 Å². The van der Waals surface area contributed by atoms with Gasteiger partial charge in [0.05, 0.1) is 6.61 Å². The number of ether oxygens (including phenoxy) is 2. The van der Waals surface area contributed by atoms with E-state index < -0.39 is 5.91 Å². The molecule has 0 spiro atoms. The van der Waals surface area contributed by atoms with Crippen LogP contribution in [-0.2, 0) is 0 Å². The number of carbonyl (C=O) groups is 1. The van der Waals surface area contributed by atoms with Gasteiger partial charge in [-0.2, -0.15) is 9.97 Å². The Bertz CT molecular complexity index is 615. The molecule has 20 heavy (non-hydrogen) atoms. The van der Waals surface area contributed by atoms with Crippen LogP contribution in [0.2, 0.25) is 0 Å². The molecule has 0 saturated heterocycles. The molecule has 0 unspecified atom stereocenters. The maximum absolute atomic E-state index is 10.9. The van der Waals surface area contributed by atoms with Crippen LogP contribution in [0, 0.1) is 0 Å². The van der Waals surface area contributed by atoms with Crippen LogP contribution in [0.1, 0.15) is 17.3 Å². The molecule has 1 heterocycles. The van der Waals surface area contributed by atoms with Crippen molar-refractivity contribution in [3.8, 4) is 17.8 Å². The van der Waals surface area contributed by atoms with E-state index in [1.807, 2.05) is 0 Å². The summed E-state index contributed by atoms with van der Waals surface area (Å²) in [5.41, 5.74) is 11.0. The van der Waals surface area contributed by atoms with Gasteiger partial charge >= 0.3 is 12.0 Å². The van der Waals surface area contributed by atoms with E-state index in [0.29, 0.717) is 17.9 Å². The second-order valence-corrected chi connectivity index (χ2v) is 3.68. The van der Waals surface area contributed by atoms with Crippen molar-refractivity contribution in [2.75, 3.05) is 12.3 Å². The molecule has 0 aliphatic carbocycles. The number of hydrogen-bond donors (Lipinski definition) is 2. The predicted molar refractivity (Wildman–Crippen MR) is 70.4 cm³/mol. The van der Waals surface area contributed by atoms with Gasteiger partial charge in [-0.05, 0) is 31.2 Å². The van der Waals surface area contributed by atoms with Crippen molar-refractivity contribution < 1.29 is 14.3 Å². The predicted octanol–water partition coefficient (Wildman–Crippen LogP) is 0.744. The number of anilines is 1. The van der Waals surface area contributed by atoms with Gasteiger partial charge in [0.15, 0.2) is 0 Å². The zero-order valence-corrected chi connectivity index (χ0v) is 10.7. The number of carbonyl (C=O) groups excluding carboxylic acids is 1. The Labute approximate surface area is 114 Å². The summed E-state index contributed by atoms with van der Waals surface area (Å²) in [6.45, 7) is 2.19. The minimum absolute atomic E-state index is 0.00720. The zero-order valence-electron chi connectivity index (χ0n) is 10.7. The Hall–Kier alpha value is -2.90. The highest BCUT2D eigenvalue weighted by Gasteiger charge is 2.08. The van der Waals surface area contributed by atoms with E-state index in [9.17, 15) is 4.79 Å². The molecule has 1 aromatic carbocycles. The number of hydrogen-bond acceptors (Lipinski definition) is 7. The summed E-state index contributed by atoms with van der Waals surface area (Å²) in [4.78, 5) is 22.5. The molecule has 0 aliphatic rings. The number of primary amides is 1. The quantitative estimate of drug-likeness (QED) is 0.824. The van der Waals surface area contributed by atoms with Crippen LogP contribution in [0.5, 0.6) is 17.8 Å². The van der Waals surface area contributed by atoms with Crippen molar-refractivity contribution in [2.24, 2.45) is 5.73 Å². The maximum Gasteiger partial charge on any atom is 0.330 e. The number of nitrogens with two attached hydrogens (primary N) is 2.